The lowest BCUT2D eigenvalue weighted by Crippen LogP contribution is -2.41. The van der Waals surface area contributed by atoms with E-state index in [1.54, 1.807) is 35.1 Å². The molecule has 0 aliphatic rings. The molecule has 0 atom stereocenters. The number of sulfonamides is 1. The van der Waals surface area contributed by atoms with E-state index in [4.69, 9.17) is 5.73 Å². The molecule has 0 bridgehead atoms. The normalized spacial score (nSPS) is 10.7. The van der Waals surface area contributed by atoms with Gasteiger partial charge in [-0.05, 0) is 29.8 Å². The van der Waals surface area contributed by atoms with E-state index in [0.29, 0.717) is 0 Å². The van der Waals surface area contributed by atoms with Crippen LogP contribution in [0, 0.1) is 0 Å². The summed E-state index contributed by atoms with van der Waals surface area (Å²) in [5.41, 5.74) is 6.05. The summed E-state index contributed by atoms with van der Waals surface area (Å²) in [4.78, 5) is 47.1. The molecule has 0 unspecified atom stereocenters. The largest absolute Gasteiger partial charge is 0.361 e. The summed E-state index contributed by atoms with van der Waals surface area (Å²) in [6, 6.07) is 13.6. The number of hydrogen-bond acceptors (Lipinski definition) is 6. The molecule has 0 aliphatic carbocycles. The summed E-state index contributed by atoms with van der Waals surface area (Å²) < 4.78 is 26.0. The first-order valence-electron chi connectivity index (χ1n) is 8.20. The highest BCUT2D eigenvalue weighted by Gasteiger charge is 2.24. The predicted octanol–water partition coefficient (Wildman–Crippen LogP) is -0.744. The summed E-state index contributed by atoms with van der Waals surface area (Å²) in [5.74, 6) is -4.61. The number of nitrogens with zero attached hydrogens (tertiary/aromatic N) is 1. The number of amides is 4. The minimum Gasteiger partial charge on any atom is -0.361 e. The Labute approximate surface area is 166 Å². The van der Waals surface area contributed by atoms with Crippen LogP contribution in [-0.4, -0.2) is 39.1 Å². The van der Waals surface area contributed by atoms with E-state index in [2.05, 4.69) is 0 Å². The summed E-state index contributed by atoms with van der Waals surface area (Å²) in [5, 5.41) is 2.01. The fourth-order valence-electron chi connectivity index (χ4n) is 2.33. The average molecular weight is 418 g/mol. The monoisotopic (exact) mass is 418 g/mol. The Balaban J connectivity index is 2.30. The first-order chi connectivity index (χ1) is 13.7. The van der Waals surface area contributed by atoms with E-state index in [-0.39, 0.29) is 17.1 Å². The van der Waals surface area contributed by atoms with Crippen LogP contribution in [0.2, 0.25) is 0 Å². The van der Waals surface area contributed by atoms with Crippen molar-refractivity contribution in [3.8, 4) is 0 Å². The minimum atomic E-state index is -4.31. The molecule has 0 saturated carbocycles. The maximum atomic E-state index is 12.2. The van der Waals surface area contributed by atoms with Crippen LogP contribution in [0.5, 0.6) is 0 Å². The zero-order valence-electron chi connectivity index (χ0n) is 15.3. The first kappa shape index (κ1) is 21.6. The molecule has 2 rings (SSSR count). The van der Waals surface area contributed by atoms with Gasteiger partial charge in [0.1, 0.15) is 0 Å². The number of likely N-dealkylation sites (N-methyl/N-ethyl adjacent to an activating group) is 1. The molecule has 0 saturated heterocycles. The number of carbonyl (C=O) groups is 4. The van der Waals surface area contributed by atoms with Gasteiger partial charge in [0, 0.05) is 12.7 Å². The van der Waals surface area contributed by atoms with Crippen LogP contribution in [0.25, 0.3) is 0 Å². The number of benzene rings is 2. The van der Waals surface area contributed by atoms with Crippen LogP contribution in [0.4, 0.5) is 5.69 Å². The standard InChI is InChI=1S/C18H18N4O6S/c1-20-16(24)17(25)21-29(27,28)14-9-7-13(8-10-14)22(18(26)15(19)23)11-12-5-3-2-4-6-12/h2-10H,11H2,1H3,(H2,19,23)(H,20,24)(H,21,25). The maximum Gasteiger partial charge on any atom is 0.322 e. The zero-order valence-corrected chi connectivity index (χ0v) is 16.1. The molecule has 0 radical (unpaired) electrons. The topological polar surface area (TPSA) is 156 Å². The Hall–Kier alpha value is -3.73. The molecule has 0 aromatic heterocycles. The lowest BCUT2D eigenvalue weighted by atomic mass is 10.2. The van der Waals surface area contributed by atoms with Crippen LogP contribution in [0.1, 0.15) is 5.56 Å². The predicted molar refractivity (Wildman–Crippen MR) is 103 cm³/mol. The molecule has 4 amide bonds. The van der Waals surface area contributed by atoms with Gasteiger partial charge in [-0.3, -0.25) is 24.1 Å². The number of primary amides is 1. The third kappa shape index (κ3) is 5.39. The molecule has 11 heteroatoms. The van der Waals surface area contributed by atoms with Crippen molar-refractivity contribution in [2.45, 2.75) is 11.4 Å². The Morgan fingerprint density at radius 3 is 2.03 bits per heavy atom. The summed E-state index contributed by atoms with van der Waals surface area (Å²) in [7, 11) is -3.13. The third-order valence-corrected chi connectivity index (χ3v) is 5.11. The van der Waals surface area contributed by atoms with Gasteiger partial charge in [0.25, 0.3) is 10.0 Å². The third-order valence-electron chi connectivity index (χ3n) is 3.76. The first-order valence-corrected chi connectivity index (χ1v) is 9.68. The van der Waals surface area contributed by atoms with Crippen LogP contribution >= 0.6 is 0 Å². The SMILES string of the molecule is CNC(=O)C(=O)NS(=O)(=O)c1ccc(N(Cc2ccccc2)C(=O)C(N)=O)cc1. The maximum absolute atomic E-state index is 12.2. The van der Waals surface area contributed by atoms with E-state index in [0.717, 1.165) is 22.6 Å². The second-order valence-electron chi connectivity index (χ2n) is 5.75. The van der Waals surface area contributed by atoms with E-state index in [9.17, 15) is 27.6 Å². The summed E-state index contributed by atoms with van der Waals surface area (Å²) in [6.07, 6.45) is 0. The van der Waals surface area contributed by atoms with Gasteiger partial charge in [-0.2, -0.15) is 0 Å². The van der Waals surface area contributed by atoms with Gasteiger partial charge < -0.3 is 11.1 Å². The second-order valence-corrected chi connectivity index (χ2v) is 7.43. The van der Waals surface area contributed by atoms with Gasteiger partial charge in [-0.1, -0.05) is 30.3 Å². The van der Waals surface area contributed by atoms with E-state index in [1.165, 1.54) is 19.2 Å². The summed E-state index contributed by atoms with van der Waals surface area (Å²) in [6.45, 7) is 0.0299. The number of carbonyl (C=O) groups excluding carboxylic acids is 4. The van der Waals surface area contributed by atoms with Crippen molar-refractivity contribution in [3.05, 3.63) is 60.2 Å². The number of nitrogens with one attached hydrogen (secondary N) is 2. The molecule has 10 nitrogen and oxygen atoms in total. The smallest absolute Gasteiger partial charge is 0.322 e. The number of hydrogen-bond donors (Lipinski definition) is 3. The van der Waals surface area contributed by atoms with Crippen molar-refractivity contribution in [3.63, 3.8) is 0 Å². The minimum absolute atomic E-state index is 0.0299. The fraction of sp³-hybridized carbons (Fsp3) is 0.111. The molecule has 152 valence electrons. The van der Waals surface area contributed by atoms with Gasteiger partial charge in [0.2, 0.25) is 0 Å². The highest BCUT2D eigenvalue weighted by molar-refractivity contribution is 7.90. The summed E-state index contributed by atoms with van der Waals surface area (Å²) >= 11 is 0. The van der Waals surface area contributed by atoms with E-state index in [1.807, 2.05) is 5.32 Å². The number of nitrogens with two attached hydrogens (primary N) is 1. The second kappa shape index (κ2) is 8.97. The van der Waals surface area contributed by atoms with E-state index < -0.39 is 33.7 Å². The van der Waals surface area contributed by atoms with E-state index >= 15 is 0 Å². The van der Waals surface area contributed by atoms with Gasteiger partial charge in [0.05, 0.1) is 11.4 Å². The van der Waals surface area contributed by atoms with Gasteiger partial charge in [-0.25, -0.2) is 13.1 Å². The average Bonchev–Trinajstić information content (AvgIpc) is 2.71. The lowest BCUT2D eigenvalue weighted by Gasteiger charge is -2.21. The molecule has 4 N–H and O–H groups in total. The molecule has 0 heterocycles. The Bertz CT molecular complexity index is 1040. The van der Waals surface area contributed by atoms with Gasteiger partial charge >= 0.3 is 23.6 Å². The molecule has 0 spiro atoms. The molecule has 0 fully saturated rings. The van der Waals surface area contributed by atoms with Crippen molar-refractivity contribution in [1.82, 2.24) is 10.0 Å². The van der Waals surface area contributed by atoms with Gasteiger partial charge in [0.15, 0.2) is 0 Å². The van der Waals surface area contributed by atoms with Crippen molar-refractivity contribution in [2.24, 2.45) is 5.73 Å². The van der Waals surface area contributed by atoms with Crippen LogP contribution in [0.15, 0.2) is 59.5 Å². The molecule has 29 heavy (non-hydrogen) atoms. The fourth-order valence-corrected chi connectivity index (χ4v) is 3.27. The number of rotatable bonds is 5. The Morgan fingerprint density at radius 2 is 1.52 bits per heavy atom. The van der Waals surface area contributed by atoms with Crippen LogP contribution in [-0.2, 0) is 35.7 Å². The lowest BCUT2D eigenvalue weighted by molar-refractivity contribution is -0.137. The zero-order chi connectivity index (χ0) is 21.6. The van der Waals surface area contributed by atoms with Crippen molar-refractivity contribution >= 4 is 39.3 Å². The number of anilines is 1. The Kier molecular flexibility index (Phi) is 6.67. The van der Waals surface area contributed by atoms with Crippen LogP contribution < -0.4 is 20.7 Å². The highest BCUT2D eigenvalue weighted by atomic mass is 32.2. The van der Waals surface area contributed by atoms with Gasteiger partial charge in [-0.15, -0.1) is 0 Å². The van der Waals surface area contributed by atoms with Crippen molar-refractivity contribution in [1.29, 1.82) is 0 Å². The molecule has 2 aromatic carbocycles. The highest BCUT2D eigenvalue weighted by Crippen LogP contribution is 2.20. The molecular formula is C18H18N4O6S. The quantitative estimate of drug-likeness (QED) is 0.543. The Morgan fingerprint density at radius 1 is 0.931 bits per heavy atom. The van der Waals surface area contributed by atoms with Crippen molar-refractivity contribution < 1.29 is 27.6 Å². The molecule has 2 aromatic rings. The van der Waals surface area contributed by atoms with Crippen molar-refractivity contribution in [2.75, 3.05) is 11.9 Å². The molecule has 0 aliphatic heterocycles. The molecular weight excluding hydrogens is 400 g/mol. The van der Waals surface area contributed by atoms with Crippen LogP contribution in [0.3, 0.4) is 0 Å².